The van der Waals surface area contributed by atoms with E-state index in [9.17, 15) is 4.79 Å². The molecule has 0 unspecified atom stereocenters. The third-order valence-corrected chi connectivity index (χ3v) is 0.226. The van der Waals surface area contributed by atoms with Crippen LogP contribution < -0.4 is 5.32 Å². The van der Waals surface area contributed by atoms with Crippen molar-refractivity contribution < 1.29 is 42.6 Å². The van der Waals surface area contributed by atoms with E-state index in [1.807, 2.05) is 0 Å². The third-order valence-electron chi connectivity index (χ3n) is 0.226. The van der Waals surface area contributed by atoms with Crippen molar-refractivity contribution in [3.05, 3.63) is 13.6 Å². The van der Waals surface area contributed by atoms with Gasteiger partial charge in [0.1, 0.15) is 0 Å². The van der Waals surface area contributed by atoms with Crippen molar-refractivity contribution in [1.29, 1.82) is 0 Å². The number of carbonyl (C=O) groups is 1. The number of hydrogen-bond acceptors (Lipinski definition) is 2. The van der Waals surface area contributed by atoms with Crippen LogP contribution in [0.25, 0.3) is 0 Å². The molecule has 1 radical (unpaired) electrons. The standard InChI is InChI=1S/C3H5NO2.Y/c1-4-2-3(5)6;/h2,4H,1H2,(H,5,6);/q-2;. The van der Waals surface area contributed by atoms with Crippen LogP contribution in [0.1, 0.15) is 0 Å². The molecular formula is C3H5NO2Y-2. The van der Waals surface area contributed by atoms with Crippen LogP contribution in [-0.2, 0) is 37.5 Å². The first-order valence-corrected chi connectivity index (χ1v) is 1.36. The summed E-state index contributed by atoms with van der Waals surface area (Å²) < 4.78 is 0. The van der Waals surface area contributed by atoms with E-state index in [1.54, 1.807) is 0 Å². The van der Waals surface area contributed by atoms with Gasteiger partial charge in [-0.1, -0.05) is 0 Å². The summed E-state index contributed by atoms with van der Waals surface area (Å²) in [7, 11) is 3.04. The van der Waals surface area contributed by atoms with Crippen molar-refractivity contribution in [1.82, 2.24) is 5.32 Å². The van der Waals surface area contributed by atoms with Crippen LogP contribution in [0.2, 0.25) is 0 Å². The zero-order chi connectivity index (χ0) is 4.99. The van der Waals surface area contributed by atoms with Crippen molar-refractivity contribution in [2.75, 3.05) is 0 Å². The van der Waals surface area contributed by atoms with Crippen LogP contribution in [0.3, 0.4) is 0 Å². The molecule has 0 spiro atoms. The molecule has 3 nitrogen and oxygen atoms in total. The molecule has 0 amide bonds. The summed E-state index contributed by atoms with van der Waals surface area (Å²) in [5, 5.41) is 9.85. The maximum Gasteiger partial charge on any atom is 0.174 e. The fourth-order valence-corrected chi connectivity index (χ4v) is 0.0873. The van der Waals surface area contributed by atoms with E-state index >= 15 is 0 Å². The van der Waals surface area contributed by atoms with Crippen molar-refractivity contribution in [3.63, 3.8) is 0 Å². The quantitative estimate of drug-likeness (QED) is 0.563. The summed E-state index contributed by atoms with van der Waals surface area (Å²) in [5.41, 5.74) is 0. The minimum Gasteiger partial charge on any atom is -0.599 e. The molecule has 4 heteroatoms. The summed E-state index contributed by atoms with van der Waals surface area (Å²) in [6.07, 6.45) is 0. The minimum atomic E-state index is -1.01. The van der Waals surface area contributed by atoms with Crippen LogP contribution in [0.15, 0.2) is 0 Å². The molecule has 0 aromatic rings. The first-order chi connectivity index (χ1) is 2.77. The van der Waals surface area contributed by atoms with Crippen molar-refractivity contribution in [2.24, 2.45) is 0 Å². The molecule has 0 fully saturated rings. The Balaban J connectivity index is 0. The molecule has 0 atom stereocenters. The summed E-state index contributed by atoms with van der Waals surface area (Å²) in [5.74, 6) is -1.01. The molecule has 0 aromatic carbocycles. The van der Waals surface area contributed by atoms with Gasteiger partial charge in [-0.05, 0) is 0 Å². The van der Waals surface area contributed by atoms with Crippen LogP contribution in [-0.4, -0.2) is 11.1 Å². The average Bonchev–Trinajstić information content (AvgIpc) is 1.35. The van der Waals surface area contributed by atoms with Crippen LogP contribution in [0.5, 0.6) is 0 Å². The number of nitrogens with one attached hydrogen (secondary N) is 1. The molecule has 0 aromatic heterocycles. The fourth-order valence-electron chi connectivity index (χ4n) is 0.0873. The van der Waals surface area contributed by atoms with Crippen LogP contribution >= 0.6 is 0 Å². The number of rotatable bonds is 2. The van der Waals surface area contributed by atoms with Gasteiger partial charge in [-0.3, -0.25) is 11.3 Å². The fraction of sp³-hybridized carbons (Fsp3) is 0. The summed E-state index contributed by atoms with van der Waals surface area (Å²) in [6.45, 7) is 0.847. The Bertz CT molecular complexity index is 56.9. The molecule has 0 saturated heterocycles. The first-order valence-electron chi connectivity index (χ1n) is 1.36. The van der Waals surface area contributed by atoms with Gasteiger partial charge in [0.2, 0.25) is 0 Å². The molecule has 7 heavy (non-hydrogen) atoms. The van der Waals surface area contributed by atoms with Crippen LogP contribution in [0, 0.1) is 13.6 Å². The van der Waals surface area contributed by atoms with Gasteiger partial charge in [0.15, 0.2) is 5.97 Å². The smallest absolute Gasteiger partial charge is 0.174 e. The molecule has 2 N–H and O–H groups in total. The van der Waals surface area contributed by atoms with E-state index in [1.165, 1.54) is 0 Å². The van der Waals surface area contributed by atoms with Gasteiger partial charge in [0, 0.05) is 32.7 Å². The SMILES string of the molecule is [CH2-]N[CH-]C(=O)O.[Y]. The number of carboxylic acids is 1. The Kier molecular flexibility index (Phi) is 9.51. The second-order valence-electron chi connectivity index (χ2n) is 0.687. The third kappa shape index (κ3) is 10.7. The number of hydrogen-bond donors (Lipinski definition) is 2. The molecule has 0 bridgehead atoms. The Labute approximate surface area is 67.4 Å². The Morgan fingerprint density at radius 3 is 2.29 bits per heavy atom. The molecular weight excluding hydrogens is 171 g/mol. The molecule has 0 saturated carbocycles. The van der Waals surface area contributed by atoms with Gasteiger partial charge in [0.25, 0.3) is 0 Å². The van der Waals surface area contributed by atoms with Crippen LogP contribution in [0.4, 0.5) is 0 Å². The van der Waals surface area contributed by atoms with Gasteiger partial charge in [0.05, 0.1) is 0 Å². The first kappa shape index (κ1) is 10.4. The molecule has 0 rings (SSSR count). The Morgan fingerprint density at radius 2 is 2.29 bits per heavy atom. The van der Waals surface area contributed by atoms with Gasteiger partial charge in [-0.2, -0.15) is 0 Å². The minimum absolute atomic E-state index is 0. The average molecular weight is 176 g/mol. The summed E-state index contributed by atoms with van der Waals surface area (Å²) >= 11 is 0. The predicted molar refractivity (Wildman–Crippen MR) is 20.4 cm³/mol. The summed E-state index contributed by atoms with van der Waals surface area (Å²) in [6, 6.07) is 0. The van der Waals surface area contributed by atoms with E-state index in [4.69, 9.17) is 5.11 Å². The van der Waals surface area contributed by atoms with Gasteiger partial charge in [-0.25, -0.2) is 0 Å². The summed E-state index contributed by atoms with van der Waals surface area (Å²) in [4.78, 5) is 9.44. The van der Waals surface area contributed by atoms with E-state index in [2.05, 4.69) is 12.4 Å². The van der Waals surface area contributed by atoms with Gasteiger partial charge >= 0.3 is 0 Å². The Hall–Kier alpha value is 0.404. The van der Waals surface area contributed by atoms with E-state index < -0.39 is 5.97 Å². The molecule has 0 heterocycles. The van der Waals surface area contributed by atoms with Crippen molar-refractivity contribution in [3.8, 4) is 0 Å². The molecule has 39 valence electrons. The maximum atomic E-state index is 9.44. The topological polar surface area (TPSA) is 49.3 Å². The monoisotopic (exact) mass is 176 g/mol. The molecule has 0 aliphatic carbocycles. The molecule has 0 aliphatic heterocycles. The van der Waals surface area contributed by atoms with E-state index in [-0.39, 0.29) is 32.7 Å². The maximum absolute atomic E-state index is 9.44. The van der Waals surface area contributed by atoms with Crippen molar-refractivity contribution in [2.45, 2.75) is 0 Å². The molecule has 0 aliphatic rings. The predicted octanol–water partition coefficient (Wildman–Crippen LogP) is -0.389. The largest absolute Gasteiger partial charge is 0.599 e. The second kappa shape index (κ2) is 6.40. The van der Waals surface area contributed by atoms with Gasteiger partial charge < -0.3 is 17.5 Å². The second-order valence-corrected chi connectivity index (χ2v) is 0.687. The van der Waals surface area contributed by atoms with Crippen molar-refractivity contribution >= 4 is 5.97 Å². The number of carboxylic acid groups (broad SMARTS) is 1. The number of aliphatic carboxylic acids is 1. The normalized spacial score (nSPS) is 6.43. The van der Waals surface area contributed by atoms with E-state index in [0.717, 1.165) is 6.54 Å². The van der Waals surface area contributed by atoms with Gasteiger partial charge in [-0.15, -0.1) is 0 Å². The Morgan fingerprint density at radius 1 is 1.86 bits per heavy atom. The van der Waals surface area contributed by atoms with E-state index in [0.29, 0.717) is 0 Å². The zero-order valence-corrected chi connectivity index (χ0v) is 6.56. The zero-order valence-electron chi connectivity index (χ0n) is 3.72.